The van der Waals surface area contributed by atoms with Crippen molar-refractivity contribution in [3.8, 4) is 0 Å². The molecule has 3 nitrogen and oxygen atoms in total. The van der Waals surface area contributed by atoms with E-state index in [9.17, 15) is 4.79 Å². The van der Waals surface area contributed by atoms with Gasteiger partial charge >= 0.3 is 0 Å². The molecule has 0 spiro atoms. The van der Waals surface area contributed by atoms with Crippen molar-refractivity contribution in [2.24, 2.45) is 0 Å². The number of halogens is 2. The fourth-order valence-corrected chi connectivity index (χ4v) is 3.41. The molecule has 0 aliphatic carbocycles. The predicted molar refractivity (Wildman–Crippen MR) is 106 cm³/mol. The van der Waals surface area contributed by atoms with Gasteiger partial charge < -0.3 is 5.32 Å². The molecule has 0 aliphatic heterocycles. The summed E-state index contributed by atoms with van der Waals surface area (Å²) < 4.78 is 0. The standard InChI is InChI=1S/C19H14Cl2N2OS/c1-12-18(17(24)10-7-13-5-8-14(20)9-6-13)25-19(22-12)23-16-4-2-3-15(21)11-16/h2-11H,1H3,(H,22,23)/b10-7+. The molecular weight excluding hydrogens is 375 g/mol. The van der Waals surface area contributed by atoms with E-state index < -0.39 is 0 Å². The van der Waals surface area contributed by atoms with Gasteiger partial charge in [-0.2, -0.15) is 0 Å². The Balaban J connectivity index is 1.75. The number of anilines is 2. The van der Waals surface area contributed by atoms with Crippen molar-refractivity contribution in [1.82, 2.24) is 4.98 Å². The maximum absolute atomic E-state index is 12.4. The fourth-order valence-electron chi connectivity index (χ4n) is 2.19. The zero-order valence-electron chi connectivity index (χ0n) is 13.3. The number of hydrogen-bond acceptors (Lipinski definition) is 4. The molecule has 1 aromatic heterocycles. The molecule has 0 radical (unpaired) electrons. The van der Waals surface area contributed by atoms with Crippen LogP contribution in [0.15, 0.2) is 54.6 Å². The first kappa shape index (κ1) is 17.7. The van der Waals surface area contributed by atoms with Crippen molar-refractivity contribution in [1.29, 1.82) is 0 Å². The van der Waals surface area contributed by atoms with Crippen LogP contribution in [-0.2, 0) is 0 Å². The molecule has 126 valence electrons. The molecule has 6 heteroatoms. The van der Waals surface area contributed by atoms with E-state index in [0.29, 0.717) is 25.7 Å². The average Bonchev–Trinajstić information content (AvgIpc) is 2.94. The number of carbonyl (C=O) groups is 1. The van der Waals surface area contributed by atoms with Gasteiger partial charge in [0.15, 0.2) is 10.9 Å². The molecule has 3 aromatic rings. The number of allylic oxidation sites excluding steroid dienone is 1. The first-order valence-corrected chi connectivity index (χ1v) is 9.06. The van der Waals surface area contributed by atoms with Crippen LogP contribution < -0.4 is 5.32 Å². The Labute approximate surface area is 159 Å². The number of nitrogens with one attached hydrogen (secondary N) is 1. The Morgan fingerprint density at radius 2 is 1.88 bits per heavy atom. The van der Waals surface area contributed by atoms with Gasteiger partial charge in [-0.25, -0.2) is 4.98 Å². The number of hydrogen-bond donors (Lipinski definition) is 1. The van der Waals surface area contributed by atoms with E-state index in [1.54, 1.807) is 36.4 Å². The normalized spacial score (nSPS) is 11.0. The van der Waals surface area contributed by atoms with Crippen LogP contribution in [0.4, 0.5) is 10.8 Å². The summed E-state index contributed by atoms with van der Waals surface area (Å²) in [4.78, 5) is 17.5. The third kappa shape index (κ3) is 4.69. The Bertz CT molecular complexity index is 933. The monoisotopic (exact) mass is 388 g/mol. The molecule has 0 amide bonds. The molecule has 0 bridgehead atoms. The third-order valence-corrected chi connectivity index (χ3v) is 4.97. The van der Waals surface area contributed by atoms with Crippen LogP contribution in [0.3, 0.4) is 0 Å². The summed E-state index contributed by atoms with van der Waals surface area (Å²) in [6.45, 7) is 1.82. The SMILES string of the molecule is Cc1nc(Nc2cccc(Cl)c2)sc1C(=O)/C=C/c1ccc(Cl)cc1. The summed E-state index contributed by atoms with van der Waals surface area (Å²) in [6.07, 6.45) is 3.31. The molecule has 0 saturated carbocycles. The van der Waals surface area contributed by atoms with Crippen molar-refractivity contribution in [3.63, 3.8) is 0 Å². The molecular formula is C19H14Cl2N2OS. The summed E-state index contributed by atoms with van der Waals surface area (Å²) in [5.41, 5.74) is 2.44. The Hall–Kier alpha value is -2.14. The van der Waals surface area contributed by atoms with Crippen LogP contribution in [0.5, 0.6) is 0 Å². The maximum Gasteiger partial charge on any atom is 0.197 e. The molecule has 0 saturated heterocycles. The maximum atomic E-state index is 12.4. The van der Waals surface area contributed by atoms with Gasteiger partial charge in [0.2, 0.25) is 0 Å². The minimum absolute atomic E-state index is 0.0795. The summed E-state index contributed by atoms with van der Waals surface area (Å²) in [7, 11) is 0. The third-order valence-electron chi connectivity index (χ3n) is 3.39. The summed E-state index contributed by atoms with van der Waals surface area (Å²) >= 11 is 13.2. The van der Waals surface area contributed by atoms with Crippen molar-refractivity contribution >= 4 is 57.2 Å². The zero-order chi connectivity index (χ0) is 17.8. The second-order valence-electron chi connectivity index (χ2n) is 5.32. The first-order valence-electron chi connectivity index (χ1n) is 7.49. The molecule has 3 rings (SSSR count). The Morgan fingerprint density at radius 3 is 2.60 bits per heavy atom. The lowest BCUT2D eigenvalue weighted by molar-refractivity contribution is 0.105. The van der Waals surface area contributed by atoms with Crippen LogP contribution in [0.25, 0.3) is 6.08 Å². The van der Waals surface area contributed by atoms with Gasteiger partial charge in [-0.3, -0.25) is 4.79 Å². The lowest BCUT2D eigenvalue weighted by Crippen LogP contribution is -1.93. The fraction of sp³-hybridized carbons (Fsp3) is 0.0526. The Kier molecular flexibility index (Phi) is 5.53. The minimum atomic E-state index is -0.0795. The van der Waals surface area contributed by atoms with Crippen LogP contribution in [-0.4, -0.2) is 10.8 Å². The van der Waals surface area contributed by atoms with Gasteiger partial charge in [0.1, 0.15) is 0 Å². The van der Waals surface area contributed by atoms with E-state index in [1.807, 2.05) is 31.2 Å². The number of benzene rings is 2. The van der Waals surface area contributed by atoms with Gasteiger partial charge in [0.25, 0.3) is 0 Å². The van der Waals surface area contributed by atoms with Gasteiger partial charge in [0, 0.05) is 15.7 Å². The van der Waals surface area contributed by atoms with E-state index in [-0.39, 0.29) is 5.78 Å². The highest BCUT2D eigenvalue weighted by atomic mass is 35.5. The van der Waals surface area contributed by atoms with Crippen molar-refractivity contribution in [2.75, 3.05) is 5.32 Å². The predicted octanol–water partition coefficient (Wildman–Crippen LogP) is 6.40. The lowest BCUT2D eigenvalue weighted by Gasteiger charge is -2.01. The van der Waals surface area contributed by atoms with Crippen molar-refractivity contribution in [2.45, 2.75) is 6.92 Å². The van der Waals surface area contributed by atoms with Crippen LogP contribution in [0, 0.1) is 6.92 Å². The van der Waals surface area contributed by atoms with Crippen LogP contribution in [0.2, 0.25) is 10.0 Å². The number of rotatable bonds is 5. The molecule has 0 atom stereocenters. The molecule has 25 heavy (non-hydrogen) atoms. The molecule has 2 aromatic carbocycles. The highest BCUT2D eigenvalue weighted by molar-refractivity contribution is 7.17. The molecule has 0 fully saturated rings. The smallest absolute Gasteiger partial charge is 0.197 e. The van der Waals surface area contributed by atoms with Crippen LogP contribution in [0.1, 0.15) is 20.9 Å². The van der Waals surface area contributed by atoms with Crippen molar-refractivity contribution < 1.29 is 4.79 Å². The highest BCUT2D eigenvalue weighted by Crippen LogP contribution is 2.27. The summed E-state index contributed by atoms with van der Waals surface area (Å²) in [5, 5.41) is 5.13. The van der Waals surface area contributed by atoms with Gasteiger partial charge in [-0.1, -0.05) is 58.8 Å². The summed E-state index contributed by atoms with van der Waals surface area (Å²) in [6, 6.07) is 14.6. The van der Waals surface area contributed by atoms with Crippen molar-refractivity contribution in [3.05, 3.63) is 80.8 Å². The van der Waals surface area contributed by atoms with E-state index in [0.717, 1.165) is 11.3 Å². The van der Waals surface area contributed by atoms with Gasteiger partial charge in [0.05, 0.1) is 10.6 Å². The summed E-state index contributed by atoms with van der Waals surface area (Å²) in [5.74, 6) is -0.0795. The lowest BCUT2D eigenvalue weighted by atomic mass is 10.2. The molecule has 1 N–H and O–H groups in total. The first-order chi connectivity index (χ1) is 12.0. The van der Waals surface area contributed by atoms with E-state index >= 15 is 0 Å². The van der Waals surface area contributed by atoms with Crippen LogP contribution >= 0.6 is 34.5 Å². The number of thiazole rings is 1. The highest BCUT2D eigenvalue weighted by Gasteiger charge is 2.13. The molecule has 0 aliphatic rings. The van der Waals surface area contributed by atoms with E-state index in [2.05, 4.69) is 10.3 Å². The van der Waals surface area contributed by atoms with Gasteiger partial charge in [-0.15, -0.1) is 0 Å². The zero-order valence-corrected chi connectivity index (χ0v) is 15.6. The number of nitrogens with zero attached hydrogens (tertiary/aromatic N) is 1. The largest absolute Gasteiger partial charge is 0.331 e. The van der Waals surface area contributed by atoms with E-state index in [4.69, 9.17) is 23.2 Å². The topological polar surface area (TPSA) is 42.0 Å². The van der Waals surface area contributed by atoms with E-state index in [1.165, 1.54) is 11.3 Å². The number of aryl methyl sites for hydroxylation is 1. The average molecular weight is 389 g/mol. The molecule has 1 heterocycles. The number of carbonyl (C=O) groups excluding carboxylic acids is 1. The Morgan fingerprint density at radius 1 is 1.12 bits per heavy atom. The quantitative estimate of drug-likeness (QED) is 0.406. The number of ketones is 1. The second kappa shape index (κ2) is 7.83. The number of aromatic nitrogens is 1. The minimum Gasteiger partial charge on any atom is -0.331 e. The van der Waals surface area contributed by atoms with Gasteiger partial charge in [-0.05, 0) is 48.9 Å². The molecule has 0 unspecified atom stereocenters. The second-order valence-corrected chi connectivity index (χ2v) is 7.19.